The molecule has 2 N–H and O–H groups in total. The molecule has 1 saturated carbocycles. The van der Waals surface area contributed by atoms with Crippen molar-refractivity contribution >= 4 is 0 Å². The van der Waals surface area contributed by atoms with E-state index in [4.69, 9.17) is 9.15 Å². The van der Waals surface area contributed by atoms with Crippen molar-refractivity contribution in [3.05, 3.63) is 69.5 Å². The van der Waals surface area contributed by atoms with Gasteiger partial charge < -0.3 is 19.4 Å². The van der Waals surface area contributed by atoms with Crippen molar-refractivity contribution in [3.8, 4) is 11.5 Å². The summed E-state index contributed by atoms with van der Waals surface area (Å²) in [6, 6.07) is 8.74. The van der Waals surface area contributed by atoms with E-state index in [9.17, 15) is 15.0 Å². The van der Waals surface area contributed by atoms with Gasteiger partial charge in [-0.2, -0.15) is 0 Å². The smallest absolute Gasteiger partial charge is 0.347 e. The normalized spacial score (nSPS) is 21.9. The lowest BCUT2D eigenvalue weighted by Crippen LogP contribution is -2.32. The molecule has 5 nitrogen and oxygen atoms in total. The highest BCUT2D eigenvalue weighted by Gasteiger charge is 2.42. The summed E-state index contributed by atoms with van der Waals surface area (Å²) < 4.78 is 11.9. The highest BCUT2D eigenvalue weighted by Crippen LogP contribution is 2.45. The van der Waals surface area contributed by atoms with Crippen molar-refractivity contribution in [1.82, 2.24) is 0 Å². The maximum absolute atomic E-state index is 13.1. The third-order valence-corrected chi connectivity index (χ3v) is 6.27. The zero-order valence-corrected chi connectivity index (χ0v) is 17.7. The van der Waals surface area contributed by atoms with Crippen LogP contribution in [0.3, 0.4) is 0 Å². The number of phenolic OH excluding ortho intramolecular Hbond substituents is 1. The van der Waals surface area contributed by atoms with Gasteiger partial charge in [0.2, 0.25) is 0 Å². The van der Waals surface area contributed by atoms with Gasteiger partial charge in [0.1, 0.15) is 28.4 Å². The first-order valence-corrected chi connectivity index (χ1v) is 10.9. The van der Waals surface area contributed by atoms with Crippen LogP contribution in [0.1, 0.15) is 75.2 Å². The van der Waals surface area contributed by atoms with Crippen LogP contribution in [0.2, 0.25) is 0 Å². The molecule has 160 valence electrons. The summed E-state index contributed by atoms with van der Waals surface area (Å²) >= 11 is 0. The Bertz CT molecular complexity index is 984. The van der Waals surface area contributed by atoms with Gasteiger partial charge >= 0.3 is 5.63 Å². The second kappa shape index (κ2) is 8.21. The van der Waals surface area contributed by atoms with Crippen LogP contribution in [-0.4, -0.2) is 10.2 Å². The van der Waals surface area contributed by atoms with E-state index in [1.165, 1.54) is 12.8 Å². The minimum absolute atomic E-state index is 0.00109. The molecule has 0 spiro atoms. The number of rotatable bonds is 8. The van der Waals surface area contributed by atoms with E-state index in [1.54, 1.807) is 18.2 Å². The summed E-state index contributed by atoms with van der Waals surface area (Å²) in [7, 11) is 0. The Morgan fingerprint density at radius 1 is 1.20 bits per heavy atom. The zero-order chi connectivity index (χ0) is 21.3. The van der Waals surface area contributed by atoms with Gasteiger partial charge in [-0.05, 0) is 55.9 Å². The lowest BCUT2D eigenvalue weighted by Gasteiger charge is -2.29. The molecule has 0 amide bonds. The van der Waals surface area contributed by atoms with E-state index in [1.807, 2.05) is 32.1 Å². The molecule has 30 heavy (non-hydrogen) atoms. The molecule has 4 rings (SSSR count). The maximum atomic E-state index is 13.1. The van der Waals surface area contributed by atoms with Gasteiger partial charge in [-0.25, -0.2) is 4.79 Å². The molecular weight excluding hydrogens is 380 g/mol. The van der Waals surface area contributed by atoms with Crippen molar-refractivity contribution in [2.75, 3.05) is 0 Å². The molecule has 2 unspecified atom stereocenters. The standard InChI is InChI=1S/C25H30O5/c1-3-11-25(12-10-16(2)30-25)23-21(27)15-22(29-24(23)28)19(13-17-4-5-17)14-18-6-8-20(26)9-7-18/h6-10,15,17,19,26-27H,3-5,11-14H2,1-2H3. The van der Waals surface area contributed by atoms with Crippen LogP contribution in [0.5, 0.6) is 11.5 Å². The molecular formula is C25H30O5. The van der Waals surface area contributed by atoms with E-state index in [-0.39, 0.29) is 23.0 Å². The van der Waals surface area contributed by atoms with Crippen molar-refractivity contribution in [2.24, 2.45) is 5.92 Å². The van der Waals surface area contributed by atoms with Crippen molar-refractivity contribution in [3.63, 3.8) is 0 Å². The SMILES string of the molecule is CCCC1(c2c(O)cc(C(Cc3ccc(O)cc3)CC3CC3)oc2=O)CC=C(C)O1. The highest BCUT2D eigenvalue weighted by molar-refractivity contribution is 5.38. The summed E-state index contributed by atoms with van der Waals surface area (Å²) in [4.78, 5) is 13.1. The molecule has 0 bridgehead atoms. The maximum Gasteiger partial charge on any atom is 0.347 e. The van der Waals surface area contributed by atoms with Gasteiger partial charge in [0.05, 0.1) is 5.76 Å². The number of benzene rings is 1. The largest absolute Gasteiger partial charge is 0.508 e. The second-order valence-electron chi connectivity index (χ2n) is 8.81. The Kier molecular flexibility index (Phi) is 5.63. The van der Waals surface area contributed by atoms with Gasteiger partial charge in [0.15, 0.2) is 0 Å². The average molecular weight is 411 g/mol. The molecule has 1 aliphatic heterocycles. The number of hydrogen-bond acceptors (Lipinski definition) is 5. The Balaban J connectivity index is 1.67. The van der Waals surface area contributed by atoms with E-state index >= 15 is 0 Å². The molecule has 1 aliphatic carbocycles. The minimum atomic E-state index is -0.842. The first-order valence-electron chi connectivity index (χ1n) is 10.9. The van der Waals surface area contributed by atoms with Crippen molar-refractivity contribution in [2.45, 2.75) is 70.3 Å². The van der Waals surface area contributed by atoms with Crippen LogP contribution < -0.4 is 5.63 Å². The predicted molar refractivity (Wildman–Crippen MR) is 115 cm³/mol. The van der Waals surface area contributed by atoms with Crippen LogP contribution in [0.15, 0.2) is 51.4 Å². The monoisotopic (exact) mass is 410 g/mol. The van der Waals surface area contributed by atoms with Crippen LogP contribution in [0.25, 0.3) is 0 Å². The molecule has 2 aliphatic rings. The predicted octanol–water partition coefficient (Wildman–Crippen LogP) is 5.50. The molecule has 1 aromatic carbocycles. The topological polar surface area (TPSA) is 79.9 Å². The quantitative estimate of drug-likeness (QED) is 0.601. The van der Waals surface area contributed by atoms with E-state index < -0.39 is 11.2 Å². The molecule has 1 aromatic heterocycles. The molecule has 0 saturated heterocycles. The number of hydrogen-bond donors (Lipinski definition) is 2. The van der Waals surface area contributed by atoms with E-state index in [0.717, 1.165) is 24.2 Å². The fourth-order valence-corrected chi connectivity index (χ4v) is 4.63. The summed E-state index contributed by atoms with van der Waals surface area (Å²) in [5.41, 5.74) is -0.0551. The van der Waals surface area contributed by atoms with Gasteiger partial charge in [-0.3, -0.25) is 0 Å². The Labute approximate surface area is 177 Å². The highest BCUT2D eigenvalue weighted by atomic mass is 16.5. The third-order valence-electron chi connectivity index (χ3n) is 6.27. The fourth-order valence-electron chi connectivity index (χ4n) is 4.63. The van der Waals surface area contributed by atoms with Gasteiger partial charge in [0.25, 0.3) is 0 Å². The fraction of sp³-hybridized carbons (Fsp3) is 0.480. The first kappa shape index (κ1) is 20.6. The average Bonchev–Trinajstić information content (AvgIpc) is 3.44. The summed E-state index contributed by atoms with van der Waals surface area (Å²) in [6.45, 7) is 3.91. The van der Waals surface area contributed by atoms with Crippen molar-refractivity contribution in [1.29, 1.82) is 0 Å². The molecule has 0 radical (unpaired) electrons. The van der Waals surface area contributed by atoms with Crippen LogP contribution in [0.4, 0.5) is 0 Å². The number of phenols is 1. The number of ether oxygens (including phenoxy) is 1. The first-order chi connectivity index (χ1) is 14.4. The van der Waals surface area contributed by atoms with Crippen LogP contribution in [-0.2, 0) is 16.8 Å². The molecule has 1 fully saturated rings. The minimum Gasteiger partial charge on any atom is -0.508 e. The molecule has 2 aromatic rings. The van der Waals surface area contributed by atoms with Gasteiger partial charge in [-0.1, -0.05) is 38.3 Å². The van der Waals surface area contributed by atoms with E-state index in [2.05, 4.69) is 0 Å². The Hall–Kier alpha value is -2.69. The lowest BCUT2D eigenvalue weighted by atomic mass is 9.86. The third kappa shape index (κ3) is 4.25. The second-order valence-corrected chi connectivity index (χ2v) is 8.81. The number of allylic oxidation sites excluding steroid dienone is 1. The zero-order valence-electron chi connectivity index (χ0n) is 17.7. The van der Waals surface area contributed by atoms with Gasteiger partial charge in [0, 0.05) is 18.4 Å². The molecule has 2 heterocycles. The Morgan fingerprint density at radius 2 is 1.93 bits per heavy atom. The molecule has 2 atom stereocenters. The van der Waals surface area contributed by atoms with E-state index in [0.29, 0.717) is 30.9 Å². The van der Waals surface area contributed by atoms with Crippen molar-refractivity contribution < 1.29 is 19.4 Å². The summed E-state index contributed by atoms with van der Waals surface area (Å²) in [6.07, 6.45) is 7.98. The summed E-state index contributed by atoms with van der Waals surface area (Å²) in [5, 5.41) is 20.5. The van der Waals surface area contributed by atoms with Crippen LogP contribution >= 0.6 is 0 Å². The summed E-state index contributed by atoms with van der Waals surface area (Å²) in [5.74, 6) is 2.12. The Morgan fingerprint density at radius 3 is 2.50 bits per heavy atom. The van der Waals surface area contributed by atoms with Crippen LogP contribution in [0, 0.1) is 5.92 Å². The number of aromatic hydroxyl groups is 2. The molecule has 5 heteroatoms. The van der Waals surface area contributed by atoms with Gasteiger partial charge in [-0.15, -0.1) is 0 Å². The lowest BCUT2D eigenvalue weighted by molar-refractivity contribution is 0.00886.